The number of amides is 1. The van der Waals surface area contributed by atoms with Crippen LogP contribution in [-0.4, -0.2) is 24.0 Å². The molecule has 1 N–H and O–H groups in total. The molecule has 0 spiro atoms. The van der Waals surface area contributed by atoms with Gasteiger partial charge in [-0.1, -0.05) is 24.3 Å². The largest absolute Gasteiger partial charge is 0.457 e. The summed E-state index contributed by atoms with van der Waals surface area (Å²) in [5, 5.41) is 2.81. The standard InChI is InChI=1S/C19H19NO4/c1-13(18(21)20-15-10-11-15)23-19(22)14-6-5-9-17(12-14)24-16-7-3-2-4-8-16/h2-9,12-13,15H,10-11H2,1H3,(H,20,21)/t13-/m1/s1. The van der Waals surface area contributed by atoms with E-state index >= 15 is 0 Å². The van der Waals surface area contributed by atoms with E-state index in [-0.39, 0.29) is 11.9 Å². The summed E-state index contributed by atoms with van der Waals surface area (Å²) in [5.41, 5.74) is 0.342. The van der Waals surface area contributed by atoms with Crippen LogP contribution >= 0.6 is 0 Å². The van der Waals surface area contributed by atoms with Gasteiger partial charge in [0.15, 0.2) is 6.10 Å². The van der Waals surface area contributed by atoms with Crippen molar-refractivity contribution in [1.29, 1.82) is 0 Å². The molecule has 1 atom stereocenters. The van der Waals surface area contributed by atoms with Crippen LogP contribution in [0.3, 0.4) is 0 Å². The summed E-state index contributed by atoms with van der Waals surface area (Å²) in [6, 6.07) is 16.2. The summed E-state index contributed by atoms with van der Waals surface area (Å²) in [6.45, 7) is 1.57. The molecule has 1 aliphatic rings. The minimum atomic E-state index is -0.822. The number of esters is 1. The third-order valence-corrected chi connectivity index (χ3v) is 3.63. The van der Waals surface area contributed by atoms with Crippen LogP contribution in [0.2, 0.25) is 0 Å². The number of rotatable bonds is 6. The number of hydrogen-bond acceptors (Lipinski definition) is 4. The lowest BCUT2D eigenvalue weighted by molar-refractivity contribution is -0.129. The van der Waals surface area contributed by atoms with Crippen LogP contribution in [0.1, 0.15) is 30.1 Å². The Kier molecular flexibility index (Phi) is 4.79. The maximum absolute atomic E-state index is 12.2. The molecular weight excluding hydrogens is 306 g/mol. The van der Waals surface area contributed by atoms with E-state index in [0.29, 0.717) is 17.1 Å². The molecule has 5 nitrogen and oxygen atoms in total. The molecule has 2 aromatic carbocycles. The minimum Gasteiger partial charge on any atom is -0.457 e. The molecule has 0 unspecified atom stereocenters. The van der Waals surface area contributed by atoms with E-state index < -0.39 is 12.1 Å². The van der Waals surface area contributed by atoms with Gasteiger partial charge in [-0.3, -0.25) is 4.79 Å². The highest BCUT2D eigenvalue weighted by Crippen LogP contribution is 2.22. The number of benzene rings is 2. The smallest absolute Gasteiger partial charge is 0.339 e. The minimum absolute atomic E-state index is 0.237. The summed E-state index contributed by atoms with van der Waals surface area (Å²) < 4.78 is 10.9. The van der Waals surface area contributed by atoms with E-state index in [2.05, 4.69) is 5.32 Å². The molecule has 1 fully saturated rings. The second-order valence-electron chi connectivity index (χ2n) is 5.77. The van der Waals surface area contributed by atoms with Crippen LogP contribution in [0.5, 0.6) is 11.5 Å². The van der Waals surface area contributed by atoms with E-state index in [1.165, 1.54) is 0 Å². The summed E-state index contributed by atoms with van der Waals surface area (Å²) >= 11 is 0. The lowest BCUT2D eigenvalue weighted by atomic mass is 10.2. The molecule has 0 aliphatic heterocycles. The maximum Gasteiger partial charge on any atom is 0.339 e. The molecule has 24 heavy (non-hydrogen) atoms. The van der Waals surface area contributed by atoms with Crippen molar-refractivity contribution in [2.75, 3.05) is 0 Å². The molecule has 0 heterocycles. The second-order valence-corrected chi connectivity index (χ2v) is 5.77. The van der Waals surface area contributed by atoms with Gasteiger partial charge in [-0.05, 0) is 50.1 Å². The highest BCUT2D eigenvalue weighted by molar-refractivity contribution is 5.92. The van der Waals surface area contributed by atoms with Crippen molar-refractivity contribution in [3.8, 4) is 11.5 Å². The quantitative estimate of drug-likeness (QED) is 0.828. The van der Waals surface area contributed by atoms with Gasteiger partial charge < -0.3 is 14.8 Å². The van der Waals surface area contributed by atoms with Gasteiger partial charge in [0.1, 0.15) is 11.5 Å². The zero-order valence-corrected chi connectivity index (χ0v) is 13.4. The van der Waals surface area contributed by atoms with Gasteiger partial charge in [0.25, 0.3) is 5.91 Å². The molecule has 5 heteroatoms. The van der Waals surface area contributed by atoms with Crippen molar-refractivity contribution in [3.05, 3.63) is 60.2 Å². The van der Waals surface area contributed by atoms with E-state index in [1.54, 1.807) is 31.2 Å². The molecule has 1 aliphatic carbocycles. The fourth-order valence-corrected chi connectivity index (χ4v) is 2.14. The summed E-state index contributed by atoms with van der Waals surface area (Å²) in [7, 11) is 0. The topological polar surface area (TPSA) is 64.6 Å². The second kappa shape index (κ2) is 7.17. The molecule has 1 amide bonds. The van der Waals surface area contributed by atoms with Crippen LogP contribution in [0.15, 0.2) is 54.6 Å². The molecule has 0 aromatic heterocycles. The maximum atomic E-state index is 12.2. The van der Waals surface area contributed by atoms with E-state index in [1.807, 2.05) is 30.3 Å². The average molecular weight is 325 g/mol. The first kappa shape index (κ1) is 16.1. The van der Waals surface area contributed by atoms with Gasteiger partial charge in [-0.25, -0.2) is 4.79 Å². The predicted octanol–water partition coefficient (Wildman–Crippen LogP) is 3.30. The molecule has 2 aromatic rings. The first-order chi connectivity index (χ1) is 11.6. The Morgan fingerprint density at radius 1 is 1.04 bits per heavy atom. The highest BCUT2D eigenvalue weighted by atomic mass is 16.5. The van der Waals surface area contributed by atoms with Crippen molar-refractivity contribution in [2.24, 2.45) is 0 Å². The van der Waals surface area contributed by atoms with Gasteiger partial charge >= 0.3 is 5.97 Å². The van der Waals surface area contributed by atoms with E-state index in [4.69, 9.17) is 9.47 Å². The van der Waals surface area contributed by atoms with Crippen molar-refractivity contribution < 1.29 is 19.1 Å². The van der Waals surface area contributed by atoms with Gasteiger partial charge in [0.2, 0.25) is 0 Å². The first-order valence-corrected chi connectivity index (χ1v) is 7.96. The van der Waals surface area contributed by atoms with Crippen LogP contribution in [-0.2, 0) is 9.53 Å². The normalized spacial score (nSPS) is 14.5. The monoisotopic (exact) mass is 325 g/mol. The van der Waals surface area contributed by atoms with Gasteiger partial charge in [0, 0.05) is 6.04 Å². The molecule has 3 rings (SSSR count). The molecule has 0 saturated heterocycles. The number of ether oxygens (including phenoxy) is 2. The van der Waals surface area contributed by atoms with Crippen molar-refractivity contribution >= 4 is 11.9 Å². The lowest BCUT2D eigenvalue weighted by Gasteiger charge is -2.13. The Morgan fingerprint density at radius 2 is 1.75 bits per heavy atom. The number of para-hydroxylation sites is 1. The van der Waals surface area contributed by atoms with Gasteiger partial charge in [0.05, 0.1) is 5.56 Å². The Bertz CT molecular complexity index is 725. The Labute approximate surface area is 140 Å². The summed E-state index contributed by atoms with van der Waals surface area (Å²) in [6.07, 6.45) is 1.16. The van der Waals surface area contributed by atoms with Crippen molar-refractivity contribution in [3.63, 3.8) is 0 Å². The Morgan fingerprint density at radius 3 is 2.46 bits per heavy atom. The third kappa shape index (κ3) is 4.35. The van der Waals surface area contributed by atoms with Crippen molar-refractivity contribution in [2.45, 2.75) is 31.9 Å². The fraction of sp³-hybridized carbons (Fsp3) is 0.263. The van der Waals surface area contributed by atoms with Crippen LogP contribution in [0.25, 0.3) is 0 Å². The average Bonchev–Trinajstić information content (AvgIpc) is 3.40. The highest BCUT2D eigenvalue weighted by Gasteiger charge is 2.27. The molecule has 0 radical (unpaired) electrons. The first-order valence-electron chi connectivity index (χ1n) is 7.96. The Hall–Kier alpha value is -2.82. The Balaban J connectivity index is 1.62. The number of carbonyl (C=O) groups excluding carboxylic acids is 2. The lowest BCUT2D eigenvalue weighted by Crippen LogP contribution is -2.37. The van der Waals surface area contributed by atoms with Crippen LogP contribution < -0.4 is 10.1 Å². The zero-order valence-electron chi connectivity index (χ0n) is 13.4. The number of nitrogens with one attached hydrogen (secondary N) is 1. The van der Waals surface area contributed by atoms with Crippen molar-refractivity contribution in [1.82, 2.24) is 5.32 Å². The van der Waals surface area contributed by atoms with Gasteiger partial charge in [-0.15, -0.1) is 0 Å². The van der Waals surface area contributed by atoms with E-state index in [0.717, 1.165) is 12.8 Å². The molecule has 1 saturated carbocycles. The molecule has 124 valence electrons. The summed E-state index contributed by atoms with van der Waals surface area (Å²) in [5.74, 6) is 0.403. The predicted molar refractivity (Wildman–Crippen MR) is 89.0 cm³/mol. The molecular formula is C19H19NO4. The van der Waals surface area contributed by atoms with Gasteiger partial charge in [-0.2, -0.15) is 0 Å². The summed E-state index contributed by atoms with van der Waals surface area (Å²) in [4.78, 5) is 24.1. The van der Waals surface area contributed by atoms with Crippen LogP contribution in [0, 0.1) is 0 Å². The zero-order chi connectivity index (χ0) is 16.9. The van der Waals surface area contributed by atoms with Crippen LogP contribution in [0.4, 0.5) is 0 Å². The SMILES string of the molecule is C[C@@H](OC(=O)c1cccc(Oc2ccccc2)c1)C(=O)NC1CC1. The number of hydrogen-bond donors (Lipinski definition) is 1. The number of carbonyl (C=O) groups is 2. The third-order valence-electron chi connectivity index (χ3n) is 3.63. The molecule has 0 bridgehead atoms. The fourth-order valence-electron chi connectivity index (χ4n) is 2.14. The van der Waals surface area contributed by atoms with E-state index in [9.17, 15) is 9.59 Å².